The standard InChI is InChI=1S/C13H20N2OS/c1-15(10-12-5-3-7-17-12)13(16)8-11-4-2-6-14-9-11/h3,5,7,11,14H,2,4,6,8-10H2,1H3. The van der Waals surface area contributed by atoms with Gasteiger partial charge in [0.2, 0.25) is 5.91 Å². The molecule has 1 aromatic rings. The van der Waals surface area contributed by atoms with E-state index >= 15 is 0 Å². The zero-order valence-corrected chi connectivity index (χ0v) is 11.1. The average molecular weight is 252 g/mol. The van der Waals surface area contributed by atoms with Gasteiger partial charge in [-0.05, 0) is 43.3 Å². The molecule has 0 saturated carbocycles. The van der Waals surface area contributed by atoms with Gasteiger partial charge in [-0.1, -0.05) is 6.07 Å². The molecule has 3 nitrogen and oxygen atoms in total. The molecule has 4 heteroatoms. The Balaban J connectivity index is 1.78. The van der Waals surface area contributed by atoms with Crippen LogP contribution in [0.2, 0.25) is 0 Å². The highest BCUT2D eigenvalue weighted by molar-refractivity contribution is 7.09. The van der Waals surface area contributed by atoms with Crippen LogP contribution in [0.3, 0.4) is 0 Å². The molecule has 2 heterocycles. The van der Waals surface area contributed by atoms with Crippen molar-refractivity contribution in [3.63, 3.8) is 0 Å². The number of nitrogens with one attached hydrogen (secondary N) is 1. The number of amides is 1. The van der Waals surface area contributed by atoms with E-state index in [1.165, 1.54) is 17.7 Å². The maximum Gasteiger partial charge on any atom is 0.222 e. The number of hydrogen-bond donors (Lipinski definition) is 1. The third-order valence-corrected chi connectivity index (χ3v) is 4.12. The van der Waals surface area contributed by atoms with E-state index in [2.05, 4.69) is 16.8 Å². The minimum Gasteiger partial charge on any atom is -0.341 e. The smallest absolute Gasteiger partial charge is 0.222 e. The Morgan fingerprint density at radius 3 is 3.18 bits per heavy atom. The van der Waals surface area contributed by atoms with Gasteiger partial charge in [0.25, 0.3) is 0 Å². The maximum absolute atomic E-state index is 12.0. The number of thiophene rings is 1. The first-order valence-electron chi connectivity index (χ1n) is 6.23. The molecule has 0 bridgehead atoms. The first kappa shape index (κ1) is 12.6. The fourth-order valence-electron chi connectivity index (χ4n) is 2.23. The van der Waals surface area contributed by atoms with Gasteiger partial charge in [-0.25, -0.2) is 0 Å². The normalized spacial score (nSPS) is 20.2. The van der Waals surface area contributed by atoms with Crippen molar-refractivity contribution in [2.24, 2.45) is 5.92 Å². The van der Waals surface area contributed by atoms with Crippen molar-refractivity contribution in [2.75, 3.05) is 20.1 Å². The van der Waals surface area contributed by atoms with Crippen LogP contribution in [0.15, 0.2) is 17.5 Å². The lowest BCUT2D eigenvalue weighted by molar-refractivity contribution is -0.131. The summed E-state index contributed by atoms with van der Waals surface area (Å²) in [5.41, 5.74) is 0. The molecule has 17 heavy (non-hydrogen) atoms. The molecule has 0 spiro atoms. The zero-order chi connectivity index (χ0) is 12.1. The Hall–Kier alpha value is -0.870. The summed E-state index contributed by atoms with van der Waals surface area (Å²) < 4.78 is 0. The lowest BCUT2D eigenvalue weighted by Gasteiger charge is -2.24. The SMILES string of the molecule is CN(Cc1cccs1)C(=O)CC1CCCNC1. The van der Waals surface area contributed by atoms with E-state index in [1.54, 1.807) is 11.3 Å². The van der Waals surface area contributed by atoms with Gasteiger partial charge < -0.3 is 10.2 Å². The molecule has 1 unspecified atom stereocenters. The Morgan fingerprint density at radius 2 is 2.53 bits per heavy atom. The minimum absolute atomic E-state index is 0.270. The first-order valence-corrected chi connectivity index (χ1v) is 7.10. The van der Waals surface area contributed by atoms with E-state index in [-0.39, 0.29) is 5.91 Å². The molecule has 1 aromatic heterocycles. The highest BCUT2D eigenvalue weighted by Crippen LogP contribution is 2.17. The van der Waals surface area contributed by atoms with Crippen LogP contribution < -0.4 is 5.32 Å². The minimum atomic E-state index is 0.270. The molecule has 94 valence electrons. The molecule has 0 aliphatic carbocycles. The lowest BCUT2D eigenvalue weighted by Crippen LogP contribution is -2.34. The molecule has 1 amide bonds. The van der Waals surface area contributed by atoms with Gasteiger partial charge in [0.1, 0.15) is 0 Å². The summed E-state index contributed by atoms with van der Waals surface area (Å²) in [6.07, 6.45) is 3.08. The predicted molar refractivity (Wildman–Crippen MR) is 71.0 cm³/mol. The van der Waals surface area contributed by atoms with Crippen molar-refractivity contribution in [2.45, 2.75) is 25.8 Å². The number of rotatable bonds is 4. The number of piperidine rings is 1. The van der Waals surface area contributed by atoms with Crippen molar-refractivity contribution in [3.8, 4) is 0 Å². The van der Waals surface area contributed by atoms with Crippen molar-refractivity contribution >= 4 is 17.2 Å². The fraction of sp³-hybridized carbons (Fsp3) is 0.615. The summed E-state index contributed by atoms with van der Waals surface area (Å²) >= 11 is 1.71. The summed E-state index contributed by atoms with van der Waals surface area (Å²) in [6.45, 7) is 2.85. The quantitative estimate of drug-likeness (QED) is 0.890. The van der Waals surface area contributed by atoms with Crippen LogP contribution in [0.4, 0.5) is 0 Å². The topological polar surface area (TPSA) is 32.3 Å². The van der Waals surface area contributed by atoms with E-state index in [4.69, 9.17) is 0 Å². The van der Waals surface area contributed by atoms with Crippen molar-refractivity contribution in [3.05, 3.63) is 22.4 Å². The van der Waals surface area contributed by atoms with Crippen molar-refractivity contribution in [1.82, 2.24) is 10.2 Å². The molecule has 1 saturated heterocycles. The molecule has 1 aliphatic rings. The number of hydrogen-bond acceptors (Lipinski definition) is 3. The number of nitrogens with zero attached hydrogens (tertiary/aromatic N) is 1. The third-order valence-electron chi connectivity index (χ3n) is 3.26. The van der Waals surface area contributed by atoms with E-state index in [1.807, 2.05) is 18.0 Å². The zero-order valence-electron chi connectivity index (χ0n) is 10.3. The monoisotopic (exact) mass is 252 g/mol. The van der Waals surface area contributed by atoms with Crippen molar-refractivity contribution < 1.29 is 4.79 Å². The van der Waals surface area contributed by atoms with Gasteiger partial charge >= 0.3 is 0 Å². The van der Waals surface area contributed by atoms with Crippen LogP contribution in [0, 0.1) is 5.92 Å². The van der Waals surface area contributed by atoms with Gasteiger partial charge in [-0.2, -0.15) is 0 Å². The average Bonchev–Trinajstić information content (AvgIpc) is 2.83. The Bertz CT molecular complexity index is 344. The van der Waals surface area contributed by atoms with Crippen molar-refractivity contribution in [1.29, 1.82) is 0 Å². The number of carbonyl (C=O) groups is 1. The molecular formula is C13H20N2OS. The van der Waals surface area contributed by atoms with Gasteiger partial charge in [-0.15, -0.1) is 11.3 Å². The predicted octanol–water partition coefficient (Wildman–Crippen LogP) is 2.10. The summed E-state index contributed by atoms with van der Waals surface area (Å²) in [4.78, 5) is 15.1. The van der Waals surface area contributed by atoms with E-state index in [0.717, 1.165) is 19.6 Å². The van der Waals surface area contributed by atoms with E-state index in [9.17, 15) is 4.79 Å². The van der Waals surface area contributed by atoms with Crippen LogP contribution in [-0.4, -0.2) is 30.9 Å². The molecule has 0 radical (unpaired) electrons. The second-order valence-corrected chi connectivity index (χ2v) is 5.78. The van der Waals surface area contributed by atoms with Crippen LogP contribution in [0.5, 0.6) is 0 Å². The summed E-state index contributed by atoms with van der Waals surface area (Å²) in [5, 5.41) is 5.41. The largest absolute Gasteiger partial charge is 0.341 e. The molecule has 0 aromatic carbocycles. The highest BCUT2D eigenvalue weighted by Gasteiger charge is 2.19. The van der Waals surface area contributed by atoms with Gasteiger partial charge in [-0.3, -0.25) is 4.79 Å². The highest BCUT2D eigenvalue weighted by atomic mass is 32.1. The van der Waals surface area contributed by atoms with Gasteiger partial charge in [0.15, 0.2) is 0 Å². The first-order chi connectivity index (χ1) is 8.25. The van der Waals surface area contributed by atoms with Gasteiger partial charge in [0.05, 0.1) is 6.54 Å². The maximum atomic E-state index is 12.0. The van der Waals surface area contributed by atoms with Gasteiger partial charge in [0, 0.05) is 18.3 Å². The second kappa shape index (κ2) is 6.17. The molecule has 1 fully saturated rings. The van der Waals surface area contributed by atoms with Crippen LogP contribution >= 0.6 is 11.3 Å². The Kier molecular flexibility index (Phi) is 4.57. The third kappa shape index (κ3) is 3.82. The van der Waals surface area contributed by atoms with Crippen LogP contribution in [0.1, 0.15) is 24.1 Å². The molecular weight excluding hydrogens is 232 g/mol. The Morgan fingerprint density at radius 1 is 1.65 bits per heavy atom. The number of carbonyl (C=O) groups excluding carboxylic acids is 1. The van der Waals surface area contributed by atoms with Crippen LogP contribution in [-0.2, 0) is 11.3 Å². The van der Waals surface area contributed by atoms with Crippen LogP contribution in [0.25, 0.3) is 0 Å². The van der Waals surface area contributed by atoms with E-state index < -0.39 is 0 Å². The summed E-state index contributed by atoms with van der Waals surface area (Å²) in [7, 11) is 1.90. The molecule has 2 rings (SSSR count). The lowest BCUT2D eigenvalue weighted by atomic mass is 9.96. The molecule has 1 atom stereocenters. The fourth-order valence-corrected chi connectivity index (χ4v) is 2.98. The second-order valence-electron chi connectivity index (χ2n) is 4.75. The van der Waals surface area contributed by atoms with E-state index in [0.29, 0.717) is 12.3 Å². The summed E-state index contributed by atoms with van der Waals surface area (Å²) in [5.74, 6) is 0.800. The molecule has 1 aliphatic heterocycles. The summed E-state index contributed by atoms with van der Waals surface area (Å²) in [6, 6.07) is 4.11. The molecule has 1 N–H and O–H groups in total. The Labute approximate surface area is 107 Å².